The van der Waals surface area contributed by atoms with Crippen molar-refractivity contribution in [3.63, 3.8) is 0 Å². The van der Waals surface area contributed by atoms with Crippen LogP contribution in [0.15, 0.2) is 50.8 Å². The molecule has 5 nitrogen and oxygen atoms in total. The van der Waals surface area contributed by atoms with Crippen molar-refractivity contribution in [2.45, 2.75) is 47.0 Å². The summed E-state index contributed by atoms with van der Waals surface area (Å²) in [6.45, 7) is 11.0. The molecule has 1 heterocycles. The first-order chi connectivity index (χ1) is 14.6. The number of nitrogens with zero attached hydrogens (tertiary/aromatic N) is 3. The van der Waals surface area contributed by atoms with Crippen LogP contribution in [0.2, 0.25) is 5.02 Å². The molecule has 0 aliphatic rings. The fraction of sp³-hybridized carbons (Fsp3) is 0.375. The van der Waals surface area contributed by atoms with E-state index < -0.39 is 0 Å². The Kier molecular flexibility index (Phi) is 7.22. The summed E-state index contributed by atoms with van der Waals surface area (Å²) in [6, 6.07) is 10.9. The van der Waals surface area contributed by atoms with Crippen LogP contribution in [0.4, 0.5) is 0 Å². The van der Waals surface area contributed by atoms with Crippen molar-refractivity contribution in [3.8, 4) is 5.75 Å². The van der Waals surface area contributed by atoms with Crippen LogP contribution in [0.5, 0.6) is 5.75 Å². The van der Waals surface area contributed by atoms with E-state index >= 15 is 0 Å². The second kappa shape index (κ2) is 9.53. The number of aromatic nitrogens is 2. The summed E-state index contributed by atoms with van der Waals surface area (Å²) in [4.78, 5) is 18.0. The second-order valence-corrected chi connectivity index (χ2v) is 10.2. The number of hydrogen-bond acceptors (Lipinski definition) is 4. The lowest BCUT2D eigenvalue weighted by molar-refractivity contribution is 0.197. The molecule has 3 rings (SSSR count). The summed E-state index contributed by atoms with van der Waals surface area (Å²) in [5.74, 6) is 1.35. The zero-order valence-electron chi connectivity index (χ0n) is 18.4. The van der Waals surface area contributed by atoms with Crippen LogP contribution in [0.1, 0.15) is 58.3 Å². The van der Waals surface area contributed by atoms with E-state index in [2.05, 4.69) is 48.7 Å². The summed E-state index contributed by atoms with van der Waals surface area (Å²) in [6.07, 6.45) is 2.45. The fourth-order valence-corrected chi connectivity index (χ4v) is 3.49. The van der Waals surface area contributed by atoms with Gasteiger partial charge >= 0.3 is 0 Å². The van der Waals surface area contributed by atoms with Gasteiger partial charge < -0.3 is 4.74 Å². The predicted octanol–water partition coefficient (Wildman–Crippen LogP) is 6.63. The molecule has 0 aliphatic carbocycles. The largest absolute Gasteiger partial charge is 0.492 e. The van der Waals surface area contributed by atoms with Crippen LogP contribution in [0, 0.1) is 5.41 Å². The Labute approximate surface area is 196 Å². The average molecular weight is 505 g/mol. The zero-order valence-corrected chi connectivity index (χ0v) is 20.8. The maximum absolute atomic E-state index is 13.3. The molecule has 0 radical (unpaired) electrons. The van der Waals surface area contributed by atoms with Crippen molar-refractivity contribution < 1.29 is 4.74 Å². The van der Waals surface area contributed by atoms with Gasteiger partial charge in [-0.15, -0.1) is 0 Å². The van der Waals surface area contributed by atoms with E-state index in [1.807, 2.05) is 25.1 Å². The first-order valence-electron chi connectivity index (χ1n) is 10.3. The number of ether oxygens (including phenoxy) is 1. The van der Waals surface area contributed by atoms with Gasteiger partial charge in [-0.3, -0.25) is 4.79 Å². The summed E-state index contributed by atoms with van der Waals surface area (Å²) >= 11 is 9.65. The maximum atomic E-state index is 13.3. The molecule has 0 spiro atoms. The molecular weight excluding hydrogens is 478 g/mol. The molecule has 0 saturated heterocycles. The van der Waals surface area contributed by atoms with E-state index in [0.717, 1.165) is 10.9 Å². The lowest BCUT2D eigenvalue weighted by Gasteiger charge is -2.20. The highest BCUT2D eigenvalue weighted by Crippen LogP contribution is 2.25. The number of halogens is 2. The van der Waals surface area contributed by atoms with Gasteiger partial charge in [0.05, 0.1) is 23.7 Å². The molecule has 0 aliphatic heterocycles. The molecule has 7 heteroatoms. The van der Waals surface area contributed by atoms with Gasteiger partial charge in [-0.1, -0.05) is 62.1 Å². The van der Waals surface area contributed by atoms with E-state index in [9.17, 15) is 4.79 Å². The second-order valence-electron chi connectivity index (χ2n) is 8.83. The molecule has 2 aromatic carbocycles. The highest BCUT2D eigenvalue weighted by atomic mass is 79.9. The van der Waals surface area contributed by atoms with Crippen LogP contribution in [0.25, 0.3) is 10.9 Å². The normalized spacial score (nSPS) is 13.1. The van der Waals surface area contributed by atoms with Crippen molar-refractivity contribution >= 4 is 44.6 Å². The fourth-order valence-electron chi connectivity index (χ4n) is 2.94. The van der Waals surface area contributed by atoms with Gasteiger partial charge in [-0.25, -0.2) is 4.98 Å². The van der Waals surface area contributed by atoms with E-state index in [-0.39, 0.29) is 16.9 Å². The Morgan fingerprint density at radius 2 is 2.00 bits per heavy atom. The highest BCUT2D eigenvalue weighted by molar-refractivity contribution is 9.10. The molecule has 0 bridgehead atoms. The maximum Gasteiger partial charge on any atom is 0.282 e. The molecule has 164 valence electrons. The Hall–Kier alpha value is -2.18. The van der Waals surface area contributed by atoms with Gasteiger partial charge in [0.25, 0.3) is 5.56 Å². The third-order valence-corrected chi connectivity index (χ3v) is 5.56. The monoisotopic (exact) mass is 503 g/mol. The summed E-state index contributed by atoms with van der Waals surface area (Å²) < 4.78 is 8.21. The van der Waals surface area contributed by atoms with Crippen molar-refractivity contribution in [3.05, 3.63) is 67.6 Å². The third-order valence-electron chi connectivity index (χ3n) is 4.83. The van der Waals surface area contributed by atoms with Gasteiger partial charge in [-0.2, -0.15) is 9.78 Å². The SMILES string of the molecule is CC[C@@H](C)c1nc2ccc(Br)cc2c(=O)n1N=Cc1cc(Cl)ccc1OCC(C)(C)C. The summed E-state index contributed by atoms with van der Waals surface area (Å²) in [5, 5.41) is 5.61. The first kappa shape index (κ1) is 23.5. The van der Waals surface area contributed by atoms with Crippen molar-refractivity contribution in [2.75, 3.05) is 6.61 Å². The van der Waals surface area contributed by atoms with Gasteiger partial charge in [0.2, 0.25) is 0 Å². The molecule has 1 aromatic heterocycles. The Morgan fingerprint density at radius 3 is 2.68 bits per heavy atom. The Balaban J connectivity index is 2.11. The zero-order chi connectivity index (χ0) is 22.8. The van der Waals surface area contributed by atoms with Crippen molar-refractivity contribution in [2.24, 2.45) is 10.5 Å². The molecule has 0 unspecified atom stereocenters. The van der Waals surface area contributed by atoms with E-state index in [4.69, 9.17) is 21.3 Å². The molecule has 0 fully saturated rings. The lowest BCUT2D eigenvalue weighted by atomic mass is 9.99. The molecule has 0 N–H and O–H groups in total. The number of fused-ring (bicyclic) bond motifs is 1. The van der Waals surface area contributed by atoms with Gasteiger partial charge in [0, 0.05) is 21.0 Å². The van der Waals surface area contributed by atoms with Crippen LogP contribution in [-0.4, -0.2) is 22.5 Å². The number of hydrogen-bond donors (Lipinski definition) is 0. The van der Waals surface area contributed by atoms with E-state index in [1.165, 1.54) is 4.68 Å². The van der Waals surface area contributed by atoms with Crippen LogP contribution in [0.3, 0.4) is 0 Å². The standard InChI is InChI=1S/C24H27BrClN3O2/c1-6-15(2)22-28-20-9-7-17(25)12-19(20)23(30)29(22)27-13-16-11-18(26)8-10-21(16)31-14-24(3,4)5/h7-13,15H,6,14H2,1-5H3/t15-/m1/s1. The number of rotatable bonds is 6. The van der Waals surface area contributed by atoms with Crippen LogP contribution in [-0.2, 0) is 0 Å². The van der Waals surface area contributed by atoms with E-state index in [1.54, 1.807) is 24.4 Å². The molecular formula is C24H27BrClN3O2. The first-order valence-corrected chi connectivity index (χ1v) is 11.4. The third kappa shape index (κ3) is 5.74. The highest BCUT2D eigenvalue weighted by Gasteiger charge is 2.16. The molecule has 3 aromatic rings. The van der Waals surface area contributed by atoms with Gasteiger partial charge in [0.1, 0.15) is 11.6 Å². The molecule has 1 atom stereocenters. The predicted molar refractivity (Wildman–Crippen MR) is 132 cm³/mol. The lowest BCUT2D eigenvalue weighted by Crippen LogP contribution is -2.23. The van der Waals surface area contributed by atoms with E-state index in [0.29, 0.717) is 39.7 Å². The van der Waals surface area contributed by atoms with Crippen molar-refractivity contribution in [1.29, 1.82) is 0 Å². The topological polar surface area (TPSA) is 56.5 Å². The summed E-state index contributed by atoms with van der Waals surface area (Å²) in [7, 11) is 0. The number of benzene rings is 2. The molecule has 0 amide bonds. The van der Waals surface area contributed by atoms with Crippen LogP contribution < -0.4 is 10.3 Å². The minimum Gasteiger partial charge on any atom is -0.492 e. The van der Waals surface area contributed by atoms with Crippen LogP contribution >= 0.6 is 27.5 Å². The Bertz CT molecular complexity index is 1180. The minimum atomic E-state index is -0.211. The van der Waals surface area contributed by atoms with Gasteiger partial charge in [-0.05, 0) is 48.2 Å². The molecule has 0 saturated carbocycles. The quantitative estimate of drug-likeness (QED) is 0.354. The smallest absolute Gasteiger partial charge is 0.282 e. The Morgan fingerprint density at radius 1 is 1.26 bits per heavy atom. The van der Waals surface area contributed by atoms with Gasteiger partial charge in [0.15, 0.2) is 0 Å². The average Bonchev–Trinajstić information content (AvgIpc) is 2.71. The summed E-state index contributed by atoms with van der Waals surface area (Å²) in [5.41, 5.74) is 1.15. The van der Waals surface area contributed by atoms with Crippen molar-refractivity contribution in [1.82, 2.24) is 9.66 Å². The molecule has 31 heavy (non-hydrogen) atoms. The minimum absolute atomic E-state index is 0.00433.